The molecule has 0 unspecified atom stereocenters. The van der Waals surface area contributed by atoms with E-state index in [-0.39, 0.29) is 23.4 Å². The molecule has 3 rings (SSSR count). The molecule has 0 aliphatic heterocycles. The number of rotatable bonds is 11. The lowest BCUT2D eigenvalue weighted by Gasteiger charge is -2.32. The Morgan fingerprint density at radius 3 is 2.03 bits per heavy atom. The van der Waals surface area contributed by atoms with Crippen molar-refractivity contribution in [3.63, 3.8) is 0 Å². The fourth-order valence-electron chi connectivity index (χ4n) is 3.68. The summed E-state index contributed by atoms with van der Waals surface area (Å²) in [7, 11) is -4.09. The molecule has 0 aromatic heterocycles. The fourth-order valence-corrected chi connectivity index (χ4v) is 5.11. The first-order chi connectivity index (χ1) is 17.6. The van der Waals surface area contributed by atoms with Gasteiger partial charge in [0, 0.05) is 12.6 Å². The first-order valence-corrected chi connectivity index (χ1v) is 13.5. The van der Waals surface area contributed by atoms with Crippen molar-refractivity contribution >= 4 is 27.5 Å². The van der Waals surface area contributed by atoms with E-state index in [0.717, 1.165) is 4.31 Å². The van der Waals surface area contributed by atoms with Gasteiger partial charge in [0.05, 0.1) is 10.6 Å². The van der Waals surface area contributed by atoms with Gasteiger partial charge in [0.1, 0.15) is 18.4 Å². The number of benzene rings is 3. The van der Waals surface area contributed by atoms with Crippen LogP contribution in [0.4, 0.5) is 10.1 Å². The van der Waals surface area contributed by atoms with E-state index in [1.54, 1.807) is 55.5 Å². The molecule has 0 radical (unpaired) electrons. The Morgan fingerprint density at radius 1 is 0.892 bits per heavy atom. The van der Waals surface area contributed by atoms with E-state index in [1.165, 1.54) is 41.3 Å². The summed E-state index contributed by atoms with van der Waals surface area (Å²) in [6.07, 6.45) is 0.710. The van der Waals surface area contributed by atoms with E-state index in [0.29, 0.717) is 17.7 Å². The van der Waals surface area contributed by atoms with Crippen molar-refractivity contribution in [1.82, 2.24) is 10.2 Å². The maximum atomic E-state index is 13.7. The number of hydrogen-bond acceptors (Lipinski definition) is 4. The zero-order valence-electron chi connectivity index (χ0n) is 21.2. The number of nitrogens with zero attached hydrogens (tertiary/aromatic N) is 2. The number of sulfonamides is 1. The molecule has 37 heavy (non-hydrogen) atoms. The van der Waals surface area contributed by atoms with Crippen LogP contribution in [0.5, 0.6) is 0 Å². The molecule has 9 heteroatoms. The van der Waals surface area contributed by atoms with Gasteiger partial charge < -0.3 is 10.2 Å². The molecule has 0 aliphatic carbocycles. The van der Waals surface area contributed by atoms with E-state index in [2.05, 4.69) is 5.32 Å². The Balaban J connectivity index is 1.98. The number of anilines is 1. The predicted molar refractivity (Wildman–Crippen MR) is 142 cm³/mol. The minimum absolute atomic E-state index is 0.00220. The summed E-state index contributed by atoms with van der Waals surface area (Å²) in [6, 6.07) is 20.8. The van der Waals surface area contributed by atoms with E-state index in [1.807, 2.05) is 13.8 Å². The quantitative estimate of drug-likeness (QED) is 0.403. The van der Waals surface area contributed by atoms with Crippen molar-refractivity contribution in [3.8, 4) is 0 Å². The maximum absolute atomic E-state index is 13.7. The van der Waals surface area contributed by atoms with Crippen molar-refractivity contribution in [1.29, 1.82) is 0 Å². The normalized spacial score (nSPS) is 12.9. The number of carbonyl (C=O) groups excluding carboxylic acids is 2. The molecule has 2 amide bonds. The lowest BCUT2D eigenvalue weighted by Crippen LogP contribution is -2.52. The third-order valence-corrected chi connectivity index (χ3v) is 7.88. The Kier molecular flexibility index (Phi) is 9.41. The predicted octanol–water partition coefficient (Wildman–Crippen LogP) is 4.35. The highest BCUT2D eigenvalue weighted by atomic mass is 32.2. The van der Waals surface area contributed by atoms with E-state index in [4.69, 9.17) is 0 Å². The van der Waals surface area contributed by atoms with E-state index < -0.39 is 34.3 Å². The highest BCUT2D eigenvalue weighted by Crippen LogP contribution is 2.24. The summed E-state index contributed by atoms with van der Waals surface area (Å²) in [5.74, 6) is -1.35. The monoisotopic (exact) mass is 525 g/mol. The molecule has 0 fully saturated rings. The molecule has 0 saturated heterocycles. The van der Waals surface area contributed by atoms with Crippen molar-refractivity contribution in [2.24, 2.45) is 0 Å². The summed E-state index contributed by atoms with van der Waals surface area (Å²) in [5, 5.41) is 2.88. The lowest BCUT2D eigenvalue weighted by atomic mass is 10.1. The zero-order valence-corrected chi connectivity index (χ0v) is 22.0. The van der Waals surface area contributed by atoms with Gasteiger partial charge in [-0.15, -0.1) is 0 Å². The standard InChI is InChI=1S/C28H32FN3O4S/c1-4-21(2)30-28(34)22(3)31(19-23-15-17-24(29)18-16-23)27(33)20-32(25-11-7-5-8-12-25)37(35,36)26-13-9-6-10-14-26/h5-18,21-22H,4,19-20H2,1-3H3,(H,30,34)/t21-,22-/m0/s1. The number of para-hydroxylation sites is 1. The van der Waals surface area contributed by atoms with Gasteiger partial charge in [0.2, 0.25) is 11.8 Å². The van der Waals surface area contributed by atoms with Gasteiger partial charge in [-0.25, -0.2) is 12.8 Å². The van der Waals surface area contributed by atoms with Crippen molar-refractivity contribution in [3.05, 3.63) is 96.3 Å². The van der Waals surface area contributed by atoms with Crippen LogP contribution in [0.1, 0.15) is 32.8 Å². The number of carbonyl (C=O) groups is 2. The molecule has 3 aromatic rings. The smallest absolute Gasteiger partial charge is 0.264 e. The molecule has 0 saturated carbocycles. The molecular weight excluding hydrogens is 493 g/mol. The second kappa shape index (κ2) is 12.5. The average Bonchev–Trinajstić information content (AvgIpc) is 2.91. The van der Waals surface area contributed by atoms with Crippen LogP contribution in [0.3, 0.4) is 0 Å². The van der Waals surface area contributed by atoms with Gasteiger partial charge in [-0.2, -0.15) is 0 Å². The first-order valence-electron chi connectivity index (χ1n) is 12.1. The molecule has 0 heterocycles. The Labute approximate surface area is 218 Å². The molecule has 0 aliphatic rings. The van der Waals surface area contributed by atoms with Crippen LogP contribution in [0.15, 0.2) is 89.8 Å². The maximum Gasteiger partial charge on any atom is 0.264 e. The highest BCUT2D eigenvalue weighted by Gasteiger charge is 2.32. The molecule has 0 spiro atoms. The Morgan fingerprint density at radius 2 is 1.46 bits per heavy atom. The number of amides is 2. The minimum Gasteiger partial charge on any atom is -0.352 e. The minimum atomic E-state index is -4.09. The Hall–Kier alpha value is -3.72. The van der Waals surface area contributed by atoms with E-state index in [9.17, 15) is 22.4 Å². The summed E-state index contributed by atoms with van der Waals surface area (Å²) in [6.45, 7) is 4.87. The van der Waals surface area contributed by atoms with Crippen LogP contribution >= 0.6 is 0 Å². The highest BCUT2D eigenvalue weighted by molar-refractivity contribution is 7.92. The van der Waals surface area contributed by atoms with Gasteiger partial charge in [-0.05, 0) is 62.2 Å². The molecule has 7 nitrogen and oxygen atoms in total. The SMILES string of the molecule is CC[C@H](C)NC(=O)[C@H](C)N(Cc1ccc(F)cc1)C(=O)CN(c1ccccc1)S(=O)(=O)c1ccccc1. The molecule has 2 atom stereocenters. The van der Waals surface area contributed by atoms with Crippen LogP contribution in [0.2, 0.25) is 0 Å². The molecule has 196 valence electrons. The topological polar surface area (TPSA) is 86.8 Å². The summed E-state index contributed by atoms with van der Waals surface area (Å²) in [5.41, 5.74) is 0.924. The molecule has 1 N–H and O–H groups in total. The van der Waals surface area contributed by atoms with Crippen LogP contribution in [0.25, 0.3) is 0 Å². The molecule has 3 aromatic carbocycles. The fraction of sp³-hybridized carbons (Fsp3) is 0.286. The van der Waals surface area contributed by atoms with Gasteiger partial charge in [0.25, 0.3) is 10.0 Å². The van der Waals surface area contributed by atoms with Crippen molar-refractivity contribution in [2.45, 2.75) is 50.7 Å². The van der Waals surface area contributed by atoms with Crippen LogP contribution in [0, 0.1) is 5.82 Å². The van der Waals surface area contributed by atoms with Crippen LogP contribution < -0.4 is 9.62 Å². The second-order valence-corrected chi connectivity index (χ2v) is 10.7. The number of halogens is 1. The average molecular weight is 526 g/mol. The van der Waals surface area contributed by atoms with Gasteiger partial charge in [-0.3, -0.25) is 13.9 Å². The lowest BCUT2D eigenvalue weighted by molar-refractivity contribution is -0.139. The van der Waals surface area contributed by atoms with Crippen LogP contribution in [-0.2, 0) is 26.2 Å². The third kappa shape index (κ3) is 7.16. The summed E-state index contributed by atoms with van der Waals surface area (Å²) < 4.78 is 41.7. The van der Waals surface area contributed by atoms with Gasteiger partial charge >= 0.3 is 0 Å². The number of nitrogens with one attached hydrogen (secondary N) is 1. The Bertz CT molecular complexity index is 1290. The second-order valence-electron chi connectivity index (χ2n) is 8.80. The van der Waals surface area contributed by atoms with Gasteiger partial charge in [0.15, 0.2) is 0 Å². The molecule has 0 bridgehead atoms. The van der Waals surface area contributed by atoms with Crippen molar-refractivity contribution in [2.75, 3.05) is 10.8 Å². The van der Waals surface area contributed by atoms with E-state index >= 15 is 0 Å². The summed E-state index contributed by atoms with van der Waals surface area (Å²) >= 11 is 0. The largest absolute Gasteiger partial charge is 0.352 e. The zero-order chi connectivity index (χ0) is 27.0. The van der Waals surface area contributed by atoms with Gasteiger partial charge in [-0.1, -0.05) is 55.5 Å². The number of hydrogen-bond donors (Lipinski definition) is 1. The third-order valence-electron chi connectivity index (χ3n) is 6.09. The molecular formula is C28H32FN3O4S. The summed E-state index contributed by atoms with van der Waals surface area (Å²) in [4.78, 5) is 28.1. The first kappa shape index (κ1) is 27.9. The van der Waals surface area contributed by atoms with Crippen molar-refractivity contribution < 1.29 is 22.4 Å². The van der Waals surface area contributed by atoms with Crippen LogP contribution in [-0.4, -0.2) is 43.8 Å².